The van der Waals surface area contributed by atoms with E-state index in [4.69, 9.17) is 11.6 Å². The molecular weight excluding hydrogens is 85.5 g/mol. The van der Waals surface area contributed by atoms with Gasteiger partial charge in [-0.1, -0.05) is 0 Å². The van der Waals surface area contributed by atoms with Gasteiger partial charge >= 0.3 is 0 Å². The molecule has 0 aliphatic rings. The Bertz CT molecular complexity index is 28.1. The molecule has 0 bridgehead atoms. The molecule has 0 atom stereocenters. The van der Waals surface area contributed by atoms with Crippen LogP contribution in [0, 0.1) is 0 Å². The Hall–Kier alpha value is -0.0400. The first-order valence-electron chi connectivity index (χ1n) is 1.40. The van der Waals surface area contributed by atoms with E-state index in [0.29, 0.717) is 12.4 Å². The lowest BCUT2D eigenvalue weighted by molar-refractivity contribution is 1.16. The third-order valence-corrected chi connectivity index (χ3v) is 0.412. The maximum absolute atomic E-state index is 5.17. The van der Waals surface area contributed by atoms with Gasteiger partial charge in [0.25, 0.3) is 0 Å². The van der Waals surface area contributed by atoms with Crippen molar-refractivity contribution in [1.29, 1.82) is 0 Å². The molecular formula is C3H6ClN. The molecule has 0 radical (unpaired) electrons. The largest absolute Gasteiger partial charge is 0.300 e. The first-order chi connectivity index (χ1) is 2.41. The summed E-state index contributed by atoms with van der Waals surface area (Å²) in [6.07, 6.45) is 0. The van der Waals surface area contributed by atoms with Gasteiger partial charge in [-0.05, 0) is 6.72 Å². The molecule has 0 saturated carbocycles. The van der Waals surface area contributed by atoms with E-state index in [2.05, 4.69) is 11.7 Å². The highest BCUT2D eigenvalue weighted by Gasteiger charge is 1.64. The van der Waals surface area contributed by atoms with Crippen LogP contribution in [0.4, 0.5) is 0 Å². The van der Waals surface area contributed by atoms with Crippen molar-refractivity contribution in [3.63, 3.8) is 0 Å². The summed E-state index contributed by atoms with van der Waals surface area (Å²) in [7, 11) is 0. The molecule has 0 fully saturated rings. The van der Waals surface area contributed by atoms with E-state index in [1.807, 2.05) is 0 Å². The monoisotopic (exact) mass is 91.0 g/mol. The van der Waals surface area contributed by atoms with Gasteiger partial charge in [0, 0.05) is 5.88 Å². The van der Waals surface area contributed by atoms with Crippen LogP contribution >= 0.6 is 11.6 Å². The van der Waals surface area contributed by atoms with E-state index in [1.165, 1.54) is 0 Å². The van der Waals surface area contributed by atoms with Crippen molar-refractivity contribution in [2.45, 2.75) is 0 Å². The fraction of sp³-hybridized carbons (Fsp3) is 0.667. The second-order valence-corrected chi connectivity index (χ2v) is 1.01. The molecule has 0 rings (SSSR count). The van der Waals surface area contributed by atoms with Gasteiger partial charge in [-0.25, -0.2) is 0 Å². The number of aliphatic imine (C=N–C) groups is 1. The van der Waals surface area contributed by atoms with E-state index in [0.717, 1.165) is 0 Å². The second-order valence-electron chi connectivity index (χ2n) is 0.636. The summed E-state index contributed by atoms with van der Waals surface area (Å²) in [5.74, 6) is 0.587. The SMILES string of the molecule is C=NCCCl. The summed E-state index contributed by atoms with van der Waals surface area (Å²) in [4.78, 5) is 3.47. The minimum absolute atomic E-state index is 0.587. The Morgan fingerprint density at radius 3 is 2.40 bits per heavy atom. The predicted octanol–water partition coefficient (Wildman–Crippen LogP) is 0.926. The zero-order valence-corrected chi connectivity index (χ0v) is 3.70. The minimum atomic E-state index is 0.587. The summed E-state index contributed by atoms with van der Waals surface area (Å²) < 4.78 is 0. The van der Waals surface area contributed by atoms with Gasteiger partial charge in [-0.3, -0.25) is 4.99 Å². The maximum Gasteiger partial charge on any atom is 0.0517 e. The lowest BCUT2D eigenvalue weighted by Crippen LogP contribution is -1.73. The third kappa shape index (κ3) is 3.96. The molecule has 0 unspecified atom stereocenters. The molecule has 0 aromatic rings. The summed E-state index contributed by atoms with van der Waals surface area (Å²) in [6.45, 7) is 3.88. The smallest absolute Gasteiger partial charge is 0.0517 e. The van der Waals surface area contributed by atoms with Crippen molar-refractivity contribution in [1.82, 2.24) is 0 Å². The minimum Gasteiger partial charge on any atom is -0.300 e. The molecule has 0 amide bonds. The molecule has 0 saturated heterocycles. The van der Waals surface area contributed by atoms with Crippen LogP contribution in [0.25, 0.3) is 0 Å². The van der Waals surface area contributed by atoms with Gasteiger partial charge in [-0.15, -0.1) is 11.6 Å². The lowest BCUT2D eigenvalue weighted by atomic mass is 10.8. The van der Waals surface area contributed by atoms with E-state index in [1.54, 1.807) is 0 Å². The average Bonchev–Trinajstić information content (AvgIpc) is 1.41. The number of nitrogens with zero attached hydrogens (tertiary/aromatic N) is 1. The van der Waals surface area contributed by atoms with Crippen LogP contribution in [0.5, 0.6) is 0 Å². The van der Waals surface area contributed by atoms with Crippen molar-refractivity contribution >= 4 is 18.3 Å². The molecule has 30 valence electrons. The van der Waals surface area contributed by atoms with Crippen molar-refractivity contribution in [2.75, 3.05) is 12.4 Å². The summed E-state index contributed by atoms with van der Waals surface area (Å²) in [6, 6.07) is 0. The number of rotatable bonds is 2. The van der Waals surface area contributed by atoms with Gasteiger partial charge in [0.2, 0.25) is 0 Å². The molecule has 0 spiro atoms. The quantitative estimate of drug-likeness (QED) is 0.354. The zero-order valence-electron chi connectivity index (χ0n) is 2.95. The van der Waals surface area contributed by atoms with Gasteiger partial charge in [-0.2, -0.15) is 0 Å². The van der Waals surface area contributed by atoms with Crippen molar-refractivity contribution in [3.05, 3.63) is 0 Å². The first-order valence-corrected chi connectivity index (χ1v) is 1.93. The fourth-order valence-corrected chi connectivity index (χ4v) is 0.179. The summed E-state index contributed by atoms with van der Waals surface area (Å²) >= 11 is 5.17. The van der Waals surface area contributed by atoms with E-state index >= 15 is 0 Å². The molecule has 1 nitrogen and oxygen atoms in total. The van der Waals surface area contributed by atoms with Crippen molar-refractivity contribution in [3.8, 4) is 0 Å². The third-order valence-electron chi connectivity index (χ3n) is 0.243. The van der Waals surface area contributed by atoms with E-state index in [-0.39, 0.29) is 0 Å². The molecule has 5 heavy (non-hydrogen) atoms. The van der Waals surface area contributed by atoms with Crippen LogP contribution in [0.3, 0.4) is 0 Å². The highest BCUT2D eigenvalue weighted by atomic mass is 35.5. The summed E-state index contributed by atoms with van der Waals surface area (Å²) in [5.41, 5.74) is 0. The van der Waals surface area contributed by atoms with Crippen LogP contribution in [-0.4, -0.2) is 19.1 Å². The molecule has 2 heteroatoms. The molecule has 0 aromatic heterocycles. The predicted molar refractivity (Wildman–Crippen MR) is 25.1 cm³/mol. The molecule has 0 heterocycles. The number of hydrogen-bond acceptors (Lipinski definition) is 1. The Balaban J connectivity index is 2.40. The topological polar surface area (TPSA) is 12.4 Å². The summed E-state index contributed by atoms with van der Waals surface area (Å²) in [5, 5.41) is 0. The Labute approximate surface area is 36.7 Å². The van der Waals surface area contributed by atoms with Crippen molar-refractivity contribution in [2.24, 2.45) is 4.99 Å². The highest BCUT2D eigenvalue weighted by Crippen LogP contribution is 1.70. The first kappa shape index (κ1) is 4.96. The molecule has 0 aliphatic heterocycles. The standard InChI is InChI=1S/C3H6ClN/c1-5-3-2-4/h1-3H2. The van der Waals surface area contributed by atoms with Gasteiger partial charge in [0.1, 0.15) is 0 Å². The van der Waals surface area contributed by atoms with Gasteiger partial charge in [0.15, 0.2) is 0 Å². The molecule has 0 N–H and O–H groups in total. The molecule has 0 aliphatic carbocycles. The Kier molecular flexibility index (Phi) is 3.93. The van der Waals surface area contributed by atoms with Crippen molar-refractivity contribution < 1.29 is 0 Å². The average molecular weight is 91.5 g/mol. The van der Waals surface area contributed by atoms with Crippen LogP contribution in [-0.2, 0) is 0 Å². The number of halogens is 1. The normalized spacial score (nSPS) is 7.40. The van der Waals surface area contributed by atoms with Gasteiger partial charge < -0.3 is 0 Å². The fourth-order valence-electron chi connectivity index (χ4n) is 0.0598. The van der Waals surface area contributed by atoms with E-state index < -0.39 is 0 Å². The zero-order chi connectivity index (χ0) is 4.12. The Morgan fingerprint density at radius 1 is 1.80 bits per heavy atom. The maximum atomic E-state index is 5.17. The number of hydrogen-bond donors (Lipinski definition) is 0. The second kappa shape index (κ2) is 3.96. The van der Waals surface area contributed by atoms with Gasteiger partial charge in [0.05, 0.1) is 6.54 Å². The van der Waals surface area contributed by atoms with Crippen LogP contribution in [0.1, 0.15) is 0 Å². The van der Waals surface area contributed by atoms with Crippen LogP contribution < -0.4 is 0 Å². The highest BCUT2D eigenvalue weighted by molar-refractivity contribution is 6.18. The number of alkyl halides is 1. The van der Waals surface area contributed by atoms with Crippen LogP contribution in [0.15, 0.2) is 4.99 Å². The van der Waals surface area contributed by atoms with E-state index in [9.17, 15) is 0 Å². The van der Waals surface area contributed by atoms with Crippen LogP contribution in [0.2, 0.25) is 0 Å². The Morgan fingerprint density at radius 2 is 2.40 bits per heavy atom. The molecule has 0 aromatic carbocycles. The lowest BCUT2D eigenvalue weighted by Gasteiger charge is -1.72.